The van der Waals surface area contributed by atoms with Crippen LogP contribution < -0.4 is 0 Å². The molecule has 0 amide bonds. The maximum absolute atomic E-state index is 13.8. The van der Waals surface area contributed by atoms with Crippen molar-refractivity contribution in [3.8, 4) is 17.3 Å². The molecule has 2 heterocycles. The number of nitriles is 1. The van der Waals surface area contributed by atoms with Gasteiger partial charge in [-0.25, -0.2) is 13.8 Å². The number of benzene rings is 1. The van der Waals surface area contributed by atoms with Crippen molar-refractivity contribution in [1.82, 2.24) is 14.6 Å². The molecule has 0 saturated carbocycles. The van der Waals surface area contributed by atoms with Gasteiger partial charge in [0.05, 0.1) is 22.5 Å². The summed E-state index contributed by atoms with van der Waals surface area (Å²) in [6.45, 7) is 0. The third-order valence-electron chi connectivity index (χ3n) is 2.74. The molecule has 1 aromatic carbocycles. The molecule has 22 heavy (non-hydrogen) atoms. The van der Waals surface area contributed by atoms with Crippen LogP contribution in [0, 0.1) is 23.0 Å². The molecule has 0 bridgehead atoms. The summed E-state index contributed by atoms with van der Waals surface area (Å²) in [5, 5.41) is 16.6. The van der Waals surface area contributed by atoms with E-state index in [0.717, 1.165) is 22.9 Å². The lowest BCUT2D eigenvalue weighted by Crippen LogP contribution is -1.90. The second-order valence-electron chi connectivity index (χ2n) is 4.13. The third kappa shape index (κ3) is 2.77. The Morgan fingerprint density at radius 2 is 2.00 bits per heavy atom. The van der Waals surface area contributed by atoms with Crippen molar-refractivity contribution in [2.45, 2.75) is 0 Å². The van der Waals surface area contributed by atoms with Crippen LogP contribution in [0.25, 0.3) is 22.9 Å². The highest BCUT2D eigenvalue weighted by atomic mass is 32.1. The first-order valence-corrected chi connectivity index (χ1v) is 7.70. The first-order chi connectivity index (χ1) is 10.7. The average molecular weight is 332 g/mol. The van der Waals surface area contributed by atoms with Crippen LogP contribution in [0.15, 0.2) is 29.0 Å². The monoisotopic (exact) mass is 332 g/mol. The number of aromatic nitrogens is 3. The highest BCUT2D eigenvalue weighted by molar-refractivity contribution is 7.11. The van der Waals surface area contributed by atoms with Gasteiger partial charge < -0.3 is 0 Å². The van der Waals surface area contributed by atoms with E-state index in [1.165, 1.54) is 29.7 Å². The van der Waals surface area contributed by atoms with Gasteiger partial charge in [-0.05, 0) is 29.7 Å². The largest absolute Gasteiger partial charge is 0.235 e. The number of nitrogens with zero attached hydrogens (tertiary/aromatic N) is 4. The average Bonchev–Trinajstić information content (AvgIpc) is 3.16. The molecular weight excluding hydrogens is 326 g/mol. The molecule has 0 N–H and O–H groups in total. The lowest BCUT2D eigenvalue weighted by Gasteiger charge is -2.00. The quantitative estimate of drug-likeness (QED) is 0.680. The summed E-state index contributed by atoms with van der Waals surface area (Å²) in [5.74, 6) is -1.38. The Bertz CT molecular complexity index is 858. The zero-order valence-electron chi connectivity index (χ0n) is 10.8. The van der Waals surface area contributed by atoms with Crippen molar-refractivity contribution >= 4 is 34.5 Å². The molecule has 8 heteroatoms. The molecule has 0 aliphatic carbocycles. The van der Waals surface area contributed by atoms with Crippen molar-refractivity contribution in [3.05, 3.63) is 51.3 Å². The molecule has 0 spiro atoms. The van der Waals surface area contributed by atoms with Gasteiger partial charge in [0.25, 0.3) is 0 Å². The number of allylic oxidation sites excluding steroid dienone is 1. The lowest BCUT2D eigenvalue weighted by atomic mass is 10.1. The normalized spacial score (nSPS) is 11.4. The summed E-state index contributed by atoms with van der Waals surface area (Å²) in [5.41, 5.74) is 0.766. The summed E-state index contributed by atoms with van der Waals surface area (Å²) in [4.78, 5) is 4.16. The molecule has 0 aliphatic rings. The highest BCUT2D eigenvalue weighted by Gasteiger charge is 2.16. The minimum atomic E-state index is -0.692. The molecule has 0 unspecified atom stereocenters. The first kappa shape index (κ1) is 14.4. The molecule has 2 aromatic heterocycles. The summed E-state index contributed by atoms with van der Waals surface area (Å²) in [7, 11) is 0. The van der Waals surface area contributed by atoms with E-state index in [9.17, 15) is 14.0 Å². The van der Waals surface area contributed by atoms with Crippen LogP contribution in [0.2, 0.25) is 0 Å². The van der Waals surface area contributed by atoms with Crippen LogP contribution in [-0.2, 0) is 0 Å². The molecular formula is C14H6F2N4S2. The molecule has 0 radical (unpaired) electrons. The molecule has 0 saturated heterocycles. The molecule has 3 rings (SSSR count). The molecule has 0 aliphatic heterocycles. The van der Waals surface area contributed by atoms with Gasteiger partial charge >= 0.3 is 0 Å². The van der Waals surface area contributed by atoms with Gasteiger partial charge in [-0.15, -0.1) is 16.4 Å². The predicted octanol–water partition coefficient (Wildman–Crippen LogP) is 4.00. The number of rotatable bonds is 3. The molecule has 108 valence electrons. The van der Waals surface area contributed by atoms with Gasteiger partial charge in [0, 0.05) is 10.8 Å². The van der Waals surface area contributed by atoms with E-state index in [2.05, 4.69) is 14.6 Å². The number of thiazole rings is 1. The predicted molar refractivity (Wildman–Crippen MR) is 80.9 cm³/mol. The minimum absolute atomic E-state index is 0.160. The van der Waals surface area contributed by atoms with E-state index in [1.54, 1.807) is 5.38 Å². The standard InChI is InChI=1S/C14H6F2N4S2/c15-10-2-1-3-11(16)13(10)12-7-21-14(18-12)8(5-17)4-9-6-22-20-19-9/h1-4,6-7H/b8-4+. The fourth-order valence-corrected chi connectivity index (χ4v) is 2.97. The Morgan fingerprint density at radius 3 is 2.64 bits per heavy atom. The van der Waals surface area contributed by atoms with Gasteiger partial charge in [0.2, 0.25) is 0 Å². The van der Waals surface area contributed by atoms with Crippen molar-refractivity contribution in [2.75, 3.05) is 0 Å². The summed E-state index contributed by atoms with van der Waals surface area (Å²) in [6.07, 6.45) is 1.53. The Kier molecular flexibility index (Phi) is 4.00. The second kappa shape index (κ2) is 6.09. The Hall–Kier alpha value is -2.50. The van der Waals surface area contributed by atoms with E-state index >= 15 is 0 Å². The van der Waals surface area contributed by atoms with Gasteiger partial charge in [-0.2, -0.15) is 5.26 Å². The summed E-state index contributed by atoms with van der Waals surface area (Å²) >= 11 is 2.30. The van der Waals surface area contributed by atoms with Crippen molar-refractivity contribution in [3.63, 3.8) is 0 Å². The second-order valence-corrected chi connectivity index (χ2v) is 5.60. The maximum atomic E-state index is 13.8. The maximum Gasteiger partial charge on any atom is 0.135 e. The Balaban J connectivity index is 2.02. The van der Waals surface area contributed by atoms with E-state index < -0.39 is 11.6 Å². The number of halogens is 2. The summed E-state index contributed by atoms with van der Waals surface area (Å²) < 4.78 is 31.2. The third-order valence-corrected chi connectivity index (χ3v) is 4.14. The van der Waals surface area contributed by atoms with Crippen LogP contribution in [0.5, 0.6) is 0 Å². The van der Waals surface area contributed by atoms with E-state index in [0.29, 0.717) is 10.7 Å². The lowest BCUT2D eigenvalue weighted by molar-refractivity contribution is 0.589. The van der Waals surface area contributed by atoms with Crippen LogP contribution in [0.4, 0.5) is 8.78 Å². The van der Waals surface area contributed by atoms with Crippen LogP contribution >= 0.6 is 22.9 Å². The fourth-order valence-electron chi connectivity index (χ4n) is 1.78. The van der Waals surface area contributed by atoms with Crippen LogP contribution in [0.3, 0.4) is 0 Å². The molecule has 3 aromatic rings. The van der Waals surface area contributed by atoms with Crippen LogP contribution in [0.1, 0.15) is 10.7 Å². The van der Waals surface area contributed by atoms with Gasteiger partial charge in [0.15, 0.2) is 0 Å². The molecule has 0 atom stereocenters. The zero-order chi connectivity index (χ0) is 15.5. The highest BCUT2D eigenvalue weighted by Crippen LogP contribution is 2.30. The number of hydrogen-bond acceptors (Lipinski definition) is 6. The van der Waals surface area contributed by atoms with Crippen molar-refractivity contribution in [2.24, 2.45) is 0 Å². The minimum Gasteiger partial charge on any atom is -0.235 e. The topological polar surface area (TPSA) is 62.5 Å². The van der Waals surface area contributed by atoms with Crippen molar-refractivity contribution < 1.29 is 8.78 Å². The van der Waals surface area contributed by atoms with Crippen molar-refractivity contribution in [1.29, 1.82) is 5.26 Å². The Labute approximate surface area is 132 Å². The zero-order valence-corrected chi connectivity index (χ0v) is 12.5. The van der Waals surface area contributed by atoms with Gasteiger partial charge in [-0.3, -0.25) is 0 Å². The molecule has 0 fully saturated rings. The van der Waals surface area contributed by atoms with E-state index in [-0.39, 0.29) is 16.8 Å². The van der Waals surface area contributed by atoms with E-state index in [1.807, 2.05) is 6.07 Å². The summed E-state index contributed by atoms with van der Waals surface area (Å²) in [6, 6.07) is 5.63. The first-order valence-electron chi connectivity index (χ1n) is 5.98. The van der Waals surface area contributed by atoms with E-state index in [4.69, 9.17) is 0 Å². The Morgan fingerprint density at radius 1 is 1.23 bits per heavy atom. The SMILES string of the molecule is N#C/C(=C\c1csnn1)c1nc(-c2c(F)cccc2F)cs1. The smallest absolute Gasteiger partial charge is 0.135 e. The van der Waals surface area contributed by atoms with Gasteiger partial charge in [-0.1, -0.05) is 10.6 Å². The number of hydrogen-bond donors (Lipinski definition) is 0. The fraction of sp³-hybridized carbons (Fsp3) is 0. The molecule has 4 nitrogen and oxygen atoms in total. The van der Waals surface area contributed by atoms with Gasteiger partial charge in [0.1, 0.15) is 22.7 Å². The van der Waals surface area contributed by atoms with Crippen LogP contribution in [-0.4, -0.2) is 14.6 Å².